The number of ether oxygens (including phenoxy) is 1. The quantitative estimate of drug-likeness (QED) is 0.454. The number of hydrogen-bond donors (Lipinski definition) is 2. The summed E-state index contributed by atoms with van der Waals surface area (Å²) in [6.07, 6.45) is 3.58. The second-order valence-corrected chi connectivity index (χ2v) is 6.64. The lowest BCUT2D eigenvalue weighted by Crippen LogP contribution is -2.30. The minimum absolute atomic E-state index is 0.0438. The van der Waals surface area contributed by atoms with E-state index >= 15 is 0 Å². The summed E-state index contributed by atoms with van der Waals surface area (Å²) in [6, 6.07) is 11.0. The summed E-state index contributed by atoms with van der Waals surface area (Å²) in [5.41, 5.74) is 1.38. The van der Waals surface area contributed by atoms with Crippen molar-refractivity contribution in [3.63, 3.8) is 0 Å². The molecule has 1 heterocycles. The molecule has 9 heteroatoms. The normalized spacial score (nSPS) is 13.5. The van der Waals surface area contributed by atoms with Crippen LogP contribution in [-0.2, 0) is 9.59 Å². The molecule has 9 nitrogen and oxygen atoms in total. The van der Waals surface area contributed by atoms with Gasteiger partial charge in [-0.2, -0.15) is 0 Å². The molecule has 2 N–H and O–H groups in total. The zero-order chi connectivity index (χ0) is 20.8. The highest BCUT2D eigenvalue weighted by atomic mass is 16.6. The van der Waals surface area contributed by atoms with Crippen molar-refractivity contribution < 1.29 is 19.2 Å². The smallest absolute Gasteiger partial charge is 0.314 e. The number of rotatable bonds is 5. The Hall–Kier alpha value is -3.62. The molecule has 0 aliphatic carbocycles. The van der Waals surface area contributed by atoms with Gasteiger partial charge in [-0.15, -0.1) is 0 Å². The number of hydrogen-bond acceptors (Lipinski definition) is 6. The second kappa shape index (κ2) is 9.05. The van der Waals surface area contributed by atoms with Gasteiger partial charge < -0.3 is 20.3 Å². The molecule has 2 aromatic carbocycles. The summed E-state index contributed by atoms with van der Waals surface area (Å²) in [5.74, 6) is -1.63. The third-order valence-electron chi connectivity index (χ3n) is 4.69. The van der Waals surface area contributed by atoms with Crippen molar-refractivity contribution in [1.82, 2.24) is 0 Å². The van der Waals surface area contributed by atoms with E-state index in [2.05, 4.69) is 15.5 Å². The van der Waals surface area contributed by atoms with Crippen molar-refractivity contribution in [3.05, 3.63) is 52.6 Å². The Morgan fingerprint density at radius 2 is 1.66 bits per heavy atom. The molecule has 0 bridgehead atoms. The van der Waals surface area contributed by atoms with Crippen molar-refractivity contribution in [2.24, 2.45) is 0 Å². The molecule has 2 aromatic rings. The van der Waals surface area contributed by atoms with Gasteiger partial charge in [-0.3, -0.25) is 19.7 Å². The van der Waals surface area contributed by atoms with Crippen LogP contribution in [0, 0.1) is 10.1 Å². The molecule has 0 radical (unpaired) electrons. The number of nitrogens with zero attached hydrogens (tertiary/aromatic N) is 2. The Morgan fingerprint density at radius 1 is 1.00 bits per heavy atom. The first-order chi connectivity index (χ1) is 14.0. The zero-order valence-electron chi connectivity index (χ0n) is 16.0. The third-order valence-corrected chi connectivity index (χ3v) is 4.69. The van der Waals surface area contributed by atoms with Gasteiger partial charge in [-0.1, -0.05) is 0 Å². The maximum Gasteiger partial charge on any atom is 0.314 e. The molecule has 0 unspecified atom stereocenters. The second-order valence-electron chi connectivity index (χ2n) is 6.64. The van der Waals surface area contributed by atoms with Crippen LogP contribution in [0.5, 0.6) is 5.75 Å². The zero-order valence-corrected chi connectivity index (χ0v) is 16.0. The first-order valence-corrected chi connectivity index (χ1v) is 9.27. The molecule has 0 saturated carbocycles. The summed E-state index contributed by atoms with van der Waals surface area (Å²) in [5, 5.41) is 15.8. The van der Waals surface area contributed by atoms with Crippen molar-refractivity contribution >= 4 is 34.6 Å². The largest absolute Gasteiger partial charge is 0.495 e. The van der Waals surface area contributed by atoms with E-state index in [-0.39, 0.29) is 17.1 Å². The molecule has 2 amide bonds. The van der Waals surface area contributed by atoms with Gasteiger partial charge in [0, 0.05) is 36.6 Å². The Labute approximate surface area is 167 Å². The lowest BCUT2D eigenvalue weighted by molar-refractivity contribution is -0.384. The van der Waals surface area contributed by atoms with E-state index < -0.39 is 16.7 Å². The summed E-state index contributed by atoms with van der Waals surface area (Å²) in [7, 11) is 1.36. The Kier molecular flexibility index (Phi) is 6.28. The van der Waals surface area contributed by atoms with Crippen molar-refractivity contribution in [1.29, 1.82) is 0 Å². The van der Waals surface area contributed by atoms with Crippen molar-refractivity contribution in [2.45, 2.75) is 19.3 Å². The van der Waals surface area contributed by atoms with Gasteiger partial charge in [0.2, 0.25) is 0 Å². The van der Waals surface area contributed by atoms with Gasteiger partial charge in [-0.05, 0) is 49.6 Å². The van der Waals surface area contributed by atoms with Gasteiger partial charge in [0.05, 0.1) is 17.7 Å². The highest BCUT2D eigenvalue weighted by Crippen LogP contribution is 2.29. The number of methoxy groups -OCH3 is 1. The van der Waals surface area contributed by atoms with Crippen LogP contribution < -0.4 is 20.3 Å². The van der Waals surface area contributed by atoms with Gasteiger partial charge in [-0.25, -0.2) is 0 Å². The summed E-state index contributed by atoms with van der Waals surface area (Å²) in [4.78, 5) is 37.1. The highest BCUT2D eigenvalue weighted by molar-refractivity contribution is 6.43. The Bertz CT molecular complexity index is 908. The van der Waals surface area contributed by atoms with Gasteiger partial charge in [0.25, 0.3) is 5.69 Å². The van der Waals surface area contributed by atoms with Crippen molar-refractivity contribution in [3.8, 4) is 5.75 Å². The topological polar surface area (TPSA) is 114 Å². The number of amides is 2. The first-order valence-electron chi connectivity index (χ1n) is 9.27. The number of non-ortho nitro benzene ring substituents is 1. The molecule has 3 rings (SSSR count). The van der Waals surface area contributed by atoms with Crippen LogP contribution in [0.1, 0.15) is 19.3 Å². The van der Waals surface area contributed by atoms with Crippen LogP contribution in [0.3, 0.4) is 0 Å². The van der Waals surface area contributed by atoms with Crippen LogP contribution in [0.25, 0.3) is 0 Å². The van der Waals surface area contributed by atoms with E-state index in [0.717, 1.165) is 24.8 Å². The number of nitro benzene ring substituents is 1. The van der Waals surface area contributed by atoms with E-state index in [4.69, 9.17) is 4.74 Å². The molecular formula is C20H22N4O5. The van der Waals surface area contributed by atoms with E-state index in [1.54, 1.807) is 12.1 Å². The molecule has 1 saturated heterocycles. The maximum absolute atomic E-state index is 12.2. The SMILES string of the molecule is COc1ccc([N+](=O)[O-])cc1NC(=O)C(=O)Nc1ccc(N2CCCCC2)cc1. The molecule has 29 heavy (non-hydrogen) atoms. The minimum Gasteiger partial charge on any atom is -0.495 e. The van der Waals surface area contributed by atoms with Crippen molar-refractivity contribution in [2.75, 3.05) is 35.7 Å². The highest BCUT2D eigenvalue weighted by Gasteiger charge is 2.19. The predicted molar refractivity (Wildman–Crippen MR) is 109 cm³/mol. The fraction of sp³-hybridized carbons (Fsp3) is 0.300. The molecule has 152 valence electrons. The number of nitro groups is 1. The van der Waals surface area contributed by atoms with Crippen LogP contribution in [-0.4, -0.2) is 36.9 Å². The fourth-order valence-electron chi connectivity index (χ4n) is 3.18. The third kappa shape index (κ3) is 5.01. The number of piperidine rings is 1. The minimum atomic E-state index is -0.955. The van der Waals surface area contributed by atoms with Gasteiger partial charge in [0.15, 0.2) is 0 Å². The average Bonchev–Trinajstić information content (AvgIpc) is 2.74. The summed E-state index contributed by atoms with van der Waals surface area (Å²) < 4.78 is 5.08. The Morgan fingerprint density at radius 3 is 2.28 bits per heavy atom. The monoisotopic (exact) mass is 398 g/mol. The van der Waals surface area contributed by atoms with Crippen LogP contribution in [0.2, 0.25) is 0 Å². The number of benzene rings is 2. The lowest BCUT2D eigenvalue weighted by atomic mass is 10.1. The van der Waals surface area contributed by atoms with E-state index in [1.807, 2.05) is 12.1 Å². The number of carbonyl (C=O) groups excluding carboxylic acids is 2. The average molecular weight is 398 g/mol. The van der Waals surface area contributed by atoms with E-state index in [9.17, 15) is 19.7 Å². The molecule has 0 atom stereocenters. The van der Waals surface area contributed by atoms with E-state index in [0.29, 0.717) is 5.69 Å². The van der Waals surface area contributed by atoms with Gasteiger partial charge in [0.1, 0.15) is 5.75 Å². The van der Waals surface area contributed by atoms with Crippen LogP contribution in [0.4, 0.5) is 22.7 Å². The number of nitrogens with one attached hydrogen (secondary N) is 2. The predicted octanol–water partition coefficient (Wildman–Crippen LogP) is 3.17. The standard InChI is InChI=1S/C20H22N4O5/c1-29-18-10-9-16(24(27)28)13-17(18)22-20(26)19(25)21-14-5-7-15(8-6-14)23-11-3-2-4-12-23/h5-10,13H,2-4,11-12H2,1H3,(H,21,25)(H,22,26). The number of carbonyl (C=O) groups is 2. The van der Waals surface area contributed by atoms with E-state index in [1.165, 1.54) is 38.5 Å². The Balaban J connectivity index is 1.64. The van der Waals surface area contributed by atoms with Gasteiger partial charge >= 0.3 is 11.8 Å². The maximum atomic E-state index is 12.2. The number of anilines is 3. The molecular weight excluding hydrogens is 376 g/mol. The molecule has 0 spiro atoms. The summed E-state index contributed by atoms with van der Waals surface area (Å²) in [6.45, 7) is 2.03. The fourth-order valence-corrected chi connectivity index (χ4v) is 3.18. The molecule has 1 aliphatic rings. The molecule has 0 aromatic heterocycles. The molecule has 1 aliphatic heterocycles. The lowest BCUT2D eigenvalue weighted by Gasteiger charge is -2.28. The molecule has 1 fully saturated rings. The van der Waals surface area contributed by atoms with Crippen LogP contribution >= 0.6 is 0 Å². The van der Waals surface area contributed by atoms with Crippen LogP contribution in [0.15, 0.2) is 42.5 Å². The first kappa shape index (κ1) is 20.1. The summed E-state index contributed by atoms with van der Waals surface area (Å²) >= 11 is 0.